The van der Waals surface area contributed by atoms with E-state index in [9.17, 15) is 14.4 Å². The first-order valence-corrected chi connectivity index (χ1v) is 10.9. The van der Waals surface area contributed by atoms with E-state index in [4.69, 9.17) is 15.2 Å². The first kappa shape index (κ1) is 21.2. The van der Waals surface area contributed by atoms with Crippen LogP contribution in [-0.4, -0.2) is 30.8 Å². The average molecular weight is 424 g/mol. The van der Waals surface area contributed by atoms with Crippen molar-refractivity contribution in [2.75, 3.05) is 18.1 Å². The fraction of sp³-hybridized carbons (Fsp3) is 0.458. The third kappa shape index (κ3) is 2.98. The molecule has 2 heterocycles. The lowest BCUT2D eigenvalue weighted by atomic mass is 9.64. The summed E-state index contributed by atoms with van der Waals surface area (Å²) in [5.41, 5.74) is 6.05. The molecule has 7 nitrogen and oxygen atoms in total. The van der Waals surface area contributed by atoms with Gasteiger partial charge in [-0.3, -0.25) is 9.59 Å². The molecule has 1 aromatic carbocycles. The number of nitrogens with zero attached hydrogens (tertiary/aromatic N) is 1. The van der Waals surface area contributed by atoms with Crippen molar-refractivity contribution in [1.29, 1.82) is 0 Å². The van der Waals surface area contributed by atoms with E-state index in [1.807, 2.05) is 32.0 Å². The topological polar surface area (TPSA) is 98.9 Å². The molecule has 164 valence electrons. The van der Waals surface area contributed by atoms with Crippen molar-refractivity contribution in [2.45, 2.75) is 51.9 Å². The number of benzene rings is 1. The molecular weight excluding hydrogens is 396 g/mol. The summed E-state index contributed by atoms with van der Waals surface area (Å²) in [6, 6.07) is 7.30. The molecule has 3 aliphatic rings. The van der Waals surface area contributed by atoms with E-state index < -0.39 is 11.4 Å². The largest absolute Gasteiger partial charge is 0.462 e. The normalized spacial score (nSPS) is 25.0. The van der Waals surface area contributed by atoms with E-state index in [-0.39, 0.29) is 47.7 Å². The number of anilines is 1. The van der Waals surface area contributed by atoms with Crippen LogP contribution in [-0.2, 0) is 29.3 Å². The van der Waals surface area contributed by atoms with Crippen LogP contribution < -0.4 is 10.6 Å². The van der Waals surface area contributed by atoms with Crippen LogP contribution in [0.1, 0.15) is 52.0 Å². The van der Waals surface area contributed by atoms with Gasteiger partial charge in [0.15, 0.2) is 5.78 Å². The fourth-order valence-electron chi connectivity index (χ4n) is 5.00. The molecule has 0 fully saturated rings. The molecule has 31 heavy (non-hydrogen) atoms. The molecule has 1 aliphatic carbocycles. The van der Waals surface area contributed by atoms with E-state index in [2.05, 4.69) is 0 Å². The highest BCUT2D eigenvalue weighted by Crippen LogP contribution is 2.56. The first-order chi connectivity index (χ1) is 14.9. The van der Waals surface area contributed by atoms with Crippen molar-refractivity contribution in [2.24, 2.45) is 11.7 Å². The molecule has 2 atom stereocenters. The molecule has 2 aliphatic heterocycles. The minimum absolute atomic E-state index is 0.0585. The third-order valence-electron chi connectivity index (χ3n) is 6.23. The first-order valence-electron chi connectivity index (χ1n) is 10.9. The average Bonchev–Trinajstić information content (AvgIpc) is 2.95. The summed E-state index contributed by atoms with van der Waals surface area (Å²) in [5.74, 6) is -0.994. The lowest BCUT2D eigenvalue weighted by molar-refractivity contribution is -0.141. The smallest absolute Gasteiger partial charge is 0.341 e. The maximum absolute atomic E-state index is 14.2. The Kier molecular flexibility index (Phi) is 5.37. The zero-order valence-electron chi connectivity index (χ0n) is 18.2. The van der Waals surface area contributed by atoms with Crippen LogP contribution in [0, 0.1) is 5.92 Å². The molecule has 0 unspecified atom stereocenters. The summed E-state index contributed by atoms with van der Waals surface area (Å²) < 4.78 is 11.1. The molecule has 4 rings (SSSR count). The molecule has 2 N–H and O–H groups in total. The molecular formula is C24H28N2O5. The van der Waals surface area contributed by atoms with Crippen LogP contribution in [0.2, 0.25) is 0 Å². The van der Waals surface area contributed by atoms with Crippen molar-refractivity contribution in [3.8, 4) is 0 Å². The zero-order chi connectivity index (χ0) is 22.3. The van der Waals surface area contributed by atoms with Gasteiger partial charge in [-0.1, -0.05) is 38.5 Å². The predicted octanol–water partition coefficient (Wildman–Crippen LogP) is 3.09. The Bertz CT molecular complexity index is 1020. The van der Waals surface area contributed by atoms with Gasteiger partial charge in [0.05, 0.1) is 12.2 Å². The summed E-state index contributed by atoms with van der Waals surface area (Å²) in [5, 5.41) is 0. The minimum atomic E-state index is -1.63. The van der Waals surface area contributed by atoms with Gasteiger partial charge in [0.1, 0.15) is 16.7 Å². The molecule has 0 radical (unpaired) electrons. The highest BCUT2D eigenvalue weighted by atomic mass is 16.5. The standard InChI is InChI=1S/C24H28N2O5/c1-4-6-11-26-16-10-8-7-9-15(16)24(23(26)29)19-17(27)12-14(3)13-18(19)31-21(25)20(24)22(28)30-5-2/h7-10,14H,4-6,11-13,25H2,1-3H3/t14-,24+/m0/s1. The van der Waals surface area contributed by atoms with E-state index in [1.165, 1.54) is 0 Å². The van der Waals surface area contributed by atoms with Gasteiger partial charge in [0, 0.05) is 30.6 Å². The summed E-state index contributed by atoms with van der Waals surface area (Å²) in [7, 11) is 0. The van der Waals surface area contributed by atoms with Crippen LogP contribution in [0.25, 0.3) is 0 Å². The summed E-state index contributed by atoms with van der Waals surface area (Å²) >= 11 is 0. The van der Waals surface area contributed by atoms with Crippen LogP contribution in [0.5, 0.6) is 0 Å². The van der Waals surface area contributed by atoms with Crippen molar-refractivity contribution in [3.05, 3.63) is 52.6 Å². The number of ketones is 1. The summed E-state index contributed by atoms with van der Waals surface area (Å²) in [4.78, 5) is 42.4. The van der Waals surface area contributed by atoms with Crippen molar-refractivity contribution in [3.63, 3.8) is 0 Å². The summed E-state index contributed by atoms with van der Waals surface area (Å²) in [6.45, 7) is 6.28. The Hall–Kier alpha value is -3.09. The Balaban J connectivity index is 2.04. The molecule has 1 spiro atoms. The van der Waals surface area contributed by atoms with Gasteiger partial charge in [-0.25, -0.2) is 4.79 Å². The number of hydrogen-bond donors (Lipinski definition) is 1. The molecule has 0 bridgehead atoms. The van der Waals surface area contributed by atoms with Crippen molar-refractivity contribution < 1.29 is 23.9 Å². The zero-order valence-corrected chi connectivity index (χ0v) is 18.2. The second-order valence-corrected chi connectivity index (χ2v) is 8.37. The molecule has 0 saturated heterocycles. The number of fused-ring (bicyclic) bond motifs is 3. The lowest BCUT2D eigenvalue weighted by Crippen LogP contribution is -2.51. The van der Waals surface area contributed by atoms with Crippen LogP contribution >= 0.6 is 0 Å². The molecule has 7 heteroatoms. The number of unbranched alkanes of at least 4 members (excludes halogenated alkanes) is 1. The molecule has 0 aromatic heterocycles. The van der Waals surface area contributed by atoms with E-state index in [0.717, 1.165) is 12.8 Å². The fourth-order valence-corrected chi connectivity index (χ4v) is 5.00. The number of esters is 1. The third-order valence-corrected chi connectivity index (χ3v) is 6.23. The van der Waals surface area contributed by atoms with Crippen LogP contribution in [0.3, 0.4) is 0 Å². The second-order valence-electron chi connectivity index (χ2n) is 8.37. The van der Waals surface area contributed by atoms with Crippen LogP contribution in [0.4, 0.5) is 5.69 Å². The lowest BCUT2D eigenvalue weighted by Gasteiger charge is -2.40. The van der Waals surface area contributed by atoms with Crippen LogP contribution in [0.15, 0.2) is 47.1 Å². The van der Waals surface area contributed by atoms with Gasteiger partial charge in [-0.2, -0.15) is 0 Å². The monoisotopic (exact) mass is 424 g/mol. The van der Waals surface area contributed by atoms with Gasteiger partial charge < -0.3 is 20.1 Å². The number of allylic oxidation sites excluding steroid dienone is 1. The summed E-state index contributed by atoms with van der Waals surface area (Å²) in [6.07, 6.45) is 2.45. The molecule has 0 saturated carbocycles. The second kappa shape index (κ2) is 7.87. The van der Waals surface area contributed by atoms with Gasteiger partial charge >= 0.3 is 5.97 Å². The number of hydrogen-bond acceptors (Lipinski definition) is 6. The van der Waals surface area contributed by atoms with Crippen molar-refractivity contribution in [1.82, 2.24) is 0 Å². The van der Waals surface area contributed by atoms with Gasteiger partial charge in [-0.05, 0) is 25.3 Å². The number of amides is 1. The number of ether oxygens (including phenoxy) is 2. The number of carbonyl (C=O) groups is 3. The Morgan fingerprint density at radius 3 is 2.71 bits per heavy atom. The number of nitrogens with two attached hydrogens (primary N) is 1. The number of para-hydroxylation sites is 1. The highest BCUT2D eigenvalue weighted by molar-refractivity contribution is 6.23. The van der Waals surface area contributed by atoms with Gasteiger partial charge in [0.25, 0.3) is 0 Å². The highest BCUT2D eigenvalue weighted by Gasteiger charge is 2.63. The van der Waals surface area contributed by atoms with Gasteiger partial charge in [-0.15, -0.1) is 0 Å². The maximum atomic E-state index is 14.2. The molecule has 1 amide bonds. The van der Waals surface area contributed by atoms with Gasteiger partial charge in [0.2, 0.25) is 11.8 Å². The predicted molar refractivity (Wildman–Crippen MR) is 115 cm³/mol. The number of rotatable bonds is 5. The van der Waals surface area contributed by atoms with E-state index in [1.54, 1.807) is 17.9 Å². The van der Waals surface area contributed by atoms with E-state index >= 15 is 0 Å². The number of carbonyl (C=O) groups excluding carboxylic acids is 3. The number of Topliss-reactive ketones (excluding diaryl/α,β-unsaturated/α-hetero) is 1. The Labute approximate surface area is 181 Å². The minimum Gasteiger partial charge on any atom is -0.462 e. The molecule has 1 aromatic rings. The maximum Gasteiger partial charge on any atom is 0.341 e. The van der Waals surface area contributed by atoms with Crippen molar-refractivity contribution >= 4 is 23.3 Å². The SMILES string of the molecule is CCCCN1C(=O)[C@]2(C(C(=O)OCC)=C(N)OC3=C2C(=O)C[C@H](C)C3)c2ccccc21. The quantitative estimate of drug-likeness (QED) is 0.730. The Morgan fingerprint density at radius 2 is 2.00 bits per heavy atom. The van der Waals surface area contributed by atoms with E-state index in [0.29, 0.717) is 30.0 Å². The Morgan fingerprint density at radius 1 is 1.26 bits per heavy atom.